The highest BCUT2D eigenvalue weighted by Gasteiger charge is 2.15. The van der Waals surface area contributed by atoms with E-state index in [1.165, 1.54) is 36.1 Å². The van der Waals surface area contributed by atoms with Gasteiger partial charge in [0, 0.05) is 11.1 Å². The van der Waals surface area contributed by atoms with Crippen molar-refractivity contribution in [3.63, 3.8) is 0 Å². The molecule has 2 rings (SSSR count). The third-order valence-corrected chi connectivity index (χ3v) is 3.92. The maximum atomic E-state index is 6.25. The standard InChI is InChI=1S/C12H18N2S/c1-9-14-8-11(15-9)12(13)10-6-4-2-3-5-7-10/h6,8,12H,2-5,7,13H2,1H3. The first kappa shape index (κ1) is 10.8. The Morgan fingerprint density at radius 1 is 1.40 bits per heavy atom. The van der Waals surface area contributed by atoms with E-state index >= 15 is 0 Å². The van der Waals surface area contributed by atoms with Gasteiger partial charge in [0.15, 0.2) is 0 Å². The van der Waals surface area contributed by atoms with Crippen LogP contribution in [0.3, 0.4) is 0 Å². The number of hydrogen-bond donors (Lipinski definition) is 1. The van der Waals surface area contributed by atoms with E-state index in [9.17, 15) is 0 Å². The molecule has 0 aromatic carbocycles. The number of allylic oxidation sites excluding steroid dienone is 1. The average Bonchev–Trinajstić information content (AvgIpc) is 2.53. The van der Waals surface area contributed by atoms with Crippen molar-refractivity contribution in [2.75, 3.05) is 0 Å². The van der Waals surface area contributed by atoms with Gasteiger partial charge < -0.3 is 5.73 Å². The van der Waals surface area contributed by atoms with Crippen LogP contribution in [0.4, 0.5) is 0 Å². The van der Waals surface area contributed by atoms with Crippen LogP contribution in [-0.4, -0.2) is 4.98 Å². The molecule has 3 heteroatoms. The van der Waals surface area contributed by atoms with Crippen molar-refractivity contribution < 1.29 is 0 Å². The Morgan fingerprint density at radius 3 is 3.00 bits per heavy atom. The van der Waals surface area contributed by atoms with Crippen LogP contribution in [-0.2, 0) is 0 Å². The first-order chi connectivity index (χ1) is 7.27. The van der Waals surface area contributed by atoms with Gasteiger partial charge in [0.2, 0.25) is 0 Å². The molecule has 0 saturated carbocycles. The zero-order chi connectivity index (χ0) is 10.7. The summed E-state index contributed by atoms with van der Waals surface area (Å²) in [6.07, 6.45) is 10.6. The van der Waals surface area contributed by atoms with E-state index in [0.29, 0.717) is 0 Å². The number of aromatic nitrogens is 1. The SMILES string of the molecule is Cc1ncc(C(N)C2=CCCCCC2)s1. The van der Waals surface area contributed by atoms with Gasteiger partial charge in [-0.3, -0.25) is 0 Å². The summed E-state index contributed by atoms with van der Waals surface area (Å²) < 4.78 is 0. The van der Waals surface area contributed by atoms with E-state index in [-0.39, 0.29) is 6.04 Å². The Kier molecular flexibility index (Phi) is 3.54. The number of hydrogen-bond acceptors (Lipinski definition) is 3. The monoisotopic (exact) mass is 222 g/mol. The molecule has 0 bridgehead atoms. The highest BCUT2D eigenvalue weighted by molar-refractivity contribution is 7.11. The molecule has 0 amide bonds. The van der Waals surface area contributed by atoms with Crippen molar-refractivity contribution in [1.82, 2.24) is 4.98 Å². The van der Waals surface area contributed by atoms with E-state index in [2.05, 4.69) is 11.1 Å². The first-order valence-electron chi connectivity index (χ1n) is 5.64. The molecule has 2 N–H and O–H groups in total. The van der Waals surface area contributed by atoms with Crippen LogP contribution >= 0.6 is 11.3 Å². The second-order valence-electron chi connectivity index (χ2n) is 4.14. The third-order valence-electron chi connectivity index (χ3n) is 2.92. The predicted octanol–water partition coefficient (Wildman–Crippen LogP) is 3.34. The molecule has 0 radical (unpaired) electrons. The molecule has 1 aromatic rings. The summed E-state index contributed by atoms with van der Waals surface area (Å²) in [7, 11) is 0. The molecule has 1 aromatic heterocycles. The number of aryl methyl sites for hydroxylation is 1. The van der Waals surface area contributed by atoms with Gasteiger partial charge in [-0.05, 0) is 32.6 Å². The normalized spacial score (nSPS) is 19.5. The van der Waals surface area contributed by atoms with Crippen molar-refractivity contribution in [3.8, 4) is 0 Å². The first-order valence-corrected chi connectivity index (χ1v) is 6.46. The van der Waals surface area contributed by atoms with Crippen molar-refractivity contribution >= 4 is 11.3 Å². The molecular formula is C12H18N2S. The molecule has 0 aliphatic heterocycles. The Balaban J connectivity index is 2.12. The van der Waals surface area contributed by atoms with Gasteiger partial charge in [0.1, 0.15) is 0 Å². The van der Waals surface area contributed by atoms with Gasteiger partial charge in [0.25, 0.3) is 0 Å². The number of rotatable bonds is 2. The van der Waals surface area contributed by atoms with Crippen LogP contribution in [0.2, 0.25) is 0 Å². The van der Waals surface area contributed by atoms with Crippen LogP contribution in [0, 0.1) is 6.92 Å². The van der Waals surface area contributed by atoms with Crippen molar-refractivity contribution in [2.24, 2.45) is 5.73 Å². The van der Waals surface area contributed by atoms with Crippen LogP contribution in [0.15, 0.2) is 17.8 Å². The van der Waals surface area contributed by atoms with E-state index in [1.807, 2.05) is 13.1 Å². The van der Waals surface area contributed by atoms with E-state index in [4.69, 9.17) is 5.73 Å². The minimum absolute atomic E-state index is 0.0919. The molecule has 0 spiro atoms. The summed E-state index contributed by atoms with van der Waals surface area (Å²) in [5.74, 6) is 0. The quantitative estimate of drug-likeness (QED) is 0.779. The number of nitrogens with two attached hydrogens (primary N) is 1. The van der Waals surface area contributed by atoms with Crippen molar-refractivity contribution in [1.29, 1.82) is 0 Å². The zero-order valence-electron chi connectivity index (χ0n) is 9.20. The van der Waals surface area contributed by atoms with Crippen molar-refractivity contribution in [2.45, 2.75) is 45.1 Å². The smallest absolute Gasteiger partial charge is 0.0897 e. The lowest BCUT2D eigenvalue weighted by atomic mass is 10.0. The highest BCUT2D eigenvalue weighted by Crippen LogP contribution is 2.29. The maximum absolute atomic E-state index is 6.25. The summed E-state index contributed by atoms with van der Waals surface area (Å²) in [5, 5.41) is 1.11. The van der Waals surface area contributed by atoms with Crippen LogP contribution in [0.5, 0.6) is 0 Å². The fourth-order valence-corrected chi connectivity index (χ4v) is 2.86. The average molecular weight is 222 g/mol. The van der Waals surface area contributed by atoms with Gasteiger partial charge in [-0.2, -0.15) is 0 Å². The van der Waals surface area contributed by atoms with Crippen molar-refractivity contribution in [3.05, 3.63) is 27.7 Å². The molecule has 2 nitrogen and oxygen atoms in total. The fourth-order valence-electron chi connectivity index (χ4n) is 2.03. The molecule has 0 fully saturated rings. The number of thiazole rings is 1. The topological polar surface area (TPSA) is 38.9 Å². The van der Waals surface area contributed by atoms with E-state index in [0.717, 1.165) is 11.4 Å². The van der Waals surface area contributed by atoms with Crippen LogP contribution in [0.1, 0.15) is 48.0 Å². The van der Waals surface area contributed by atoms with E-state index < -0.39 is 0 Å². The summed E-state index contributed by atoms with van der Waals surface area (Å²) in [5.41, 5.74) is 7.67. The Hall–Kier alpha value is -0.670. The maximum Gasteiger partial charge on any atom is 0.0897 e. The Labute approximate surface area is 95.2 Å². The molecule has 1 unspecified atom stereocenters. The summed E-state index contributed by atoms with van der Waals surface area (Å²) in [4.78, 5) is 5.48. The largest absolute Gasteiger partial charge is 0.320 e. The molecule has 1 aliphatic rings. The molecule has 1 aliphatic carbocycles. The van der Waals surface area contributed by atoms with Gasteiger partial charge in [-0.25, -0.2) is 4.98 Å². The zero-order valence-corrected chi connectivity index (χ0v) is 10.0. The van der Waals surface area contributed by atoms with Gasteiger partial charge in [-0.1, -0.05) is 18.1 Å². The molecule has 1 atom stereocenters. The van der Waals surface area contributed by atoms with Crippen LogP contribution in [0.25, 0.3) is 0 Å². The van der Waals surface area contributed by atoms with Gasteiger partial charge in [-0.15, -0.1) is 11.3 Å². The second kappa shape index (κ2) is 4.90. The molecule has 15 heavy (non-hydrogen) atoms. The lowest BCUT2D eigenvalue weighted by Crippen LogP contribution is -2.11. The molecular weight excluding hydrogens is 204 g/mol. The van der Waals surface area contributed by atoms with Gasteiger partial charge in [0.05, 0.1) is 11.0 Å². The Morgan fingerprint density at radius 2 is 2.27 bits per heavy atom. The second-order valence-corrected chi connectivity index (χ2v) is 5.40. The van der Waals surface area contributed by atoms with Gasteiger partial charge >= 0.3 is 0 Å². The third kappa shape index (κ3) is 2.67. The molecule has 1 heterocycles. The van der Waals surface area contributed by atoms with E-state index in [1.54, 1.807) is 11.3 Å². The lowest BCUT2D eigenvalue weighted by molar-refractivity contribution is 0.690. The molecule has 0 saturated heterocycles. The summed E-state index contributed by atoms with van der Waals surface area (Å²) in [6.45, 7) is 2.03. The minimum atomic E-state index is 0.0919. The summed E-state index contributed by atoms with van der Waals surface area (Å²) >= 11 is 1.72. The fraction of sp³-hybridized carbons (Fsp3) is 0.583. The lowest BCUT2D eigenvalue weighted by Gasteiger charge is -2.12. The highest BCUT2D eigenvalue weighted by atomic mass is 32.1. The number of nitrogens with zero attached hydrogens (tertiary/aromatic N) is 1. The predicted molar refractivity (Wildman–Crippen MR) is 64.9 cm³/mol. The minimum Gasteiger partial charge on any atom is -0.320 e. The molecule has 82 valence electrons. The summed E-state index contributed by atoms with van der Waals surface area (Å²) in [6, 6.07) is 0.0919. The Bertz CT molecular complexity index is 354. The van der Waals surface area contributed by atoms with Crippen LogP contribution < -0.4 is 5.73 Å².